The molecule has 2 aromatic rings. The Morgan fingerprint density at radius 3 is 2.59 bits per heavy atom. The average Bonchev–Trinajstić information content (AvgIpc) is 2.48. The van der Waals surface area contributed by atoms with Crippen LogP contribution in [0.15, 0.2) is 53.9 Å². The first-order valence-electron chi connectivity index (χ1n) is 6.12. The molecule has 0 aliphatic heterocycles. The predicted octanol–water partition coefficient (Wildman–Crippen LogP) is 3.42. The van der Waals surface area contributed by atoms with E-state index < -0.39 is 11.7 Å². The van der Waals surface area contributed by atoms with Gasteiger partial charge in [-0.1, -0.05) is 6.07 Å². The first-order chi connectivity index (χ1) is 10.4. The molecular formula is C14H11F3N4S. The summed E-state index contributed by atoms with van der Waals surface area (Å²) >= 11 is 4.96. The molecule has 0 fully saturated rings. The molecule has 114 valence electrons. The number of nitrogens with zero attached hydrogens (tertiary/aromatic N) is 2. The maximum absolute atomic E-state index is 12.6. The second-order valence-electron chi connectivity index (χ2n) is 4.18. The lowest BCUT2D eigenvalue weighted by molar-refractivity contribution is -0.137. The second-order valence-corrected chi connectivity index (χ2v) is 4.59. The number of thiocarbonyl (C=S) groups is 1. The van der Waals surface area contributed by atoms with Crippen LogP contribution in [0.4, 0.5) is 18.9 Å². The van der Waals surface area contributed by atoms with Gasteiger partial charge in [0.25, 0.3) is 0 Å². The van der Waals surface area contributed by atoms with Gasteiger partial charge in [-0.15, -0.1) is 0 Å². The van der Waals surface area contributed by atoms with Gasteiger partial charge in [0.2, 0.25) is 0 Å². The van der Waals surface area contributed by atoms with Gasteiger partial charge in [-0.25, -0.2) is 0 Å². The highest BCUT2D eigenvalue weighted by Gasteiger charge is 2.30. The van der Waals surface area contributed by atoms with Crippen LogP contribution in [0.3, 0.4) is 0 Å². The lowest BCUT2D eigenvalue weighted by atomic mass is 10.2. The summed E-state index contributed by atoms with van der Waals surface area (Å²) in [6.07, 6.45) is 0.342. The molecule has 8 heteroatoms. The van der Waals surface area contributed by atoms with E-state index in [-0.39, 0.29) is 10.8 Å². The van der Waals surface area contributed by atoms with Crippen molar-refractivity contribution in [1.82, 2.24) is 10.4 Å². The molecule has 0 radical (unpaired) electrons. The van der Waals surface area contributed by atoms with Crippen LogP contribution >= 0.6 is 12.2 Å². The molecule has 0 saturated heterocycles. The minimum Gasteiger partial charge on any atom is -0.331 e. The molecule has 0 aliphatic carbocycles. The molecule has 0 atom stereocenters. The largest absolute Gasteiger partial charge is 0.416 e. The Balaban J connectivity index is 1.94. The maximum atomic E-state index is 12.6. The van der Waals surface area contributed by atoms with Crippen LogP contribution in [0.5, 0.6) is 0 Å². The number of anilines is 1. The smallest absolute Gasteiger partial charge is 0.331 e. The second kappa shape index (κ2) is 6.99. The number of nitrogens with one attached hydrogen (secondary N) is 2. The van der Waals surface area contributed by atoms with Crippen LogP contribution in [0.1, 0.15) is 11.1 Å². The van der Waals surface area contributed by atoms with E-state index in [0.29, 0.717) is 0 Å². The standard InChI is InChI=1S/C14H11F3N4S/c15-14(16,17)11-2-1-3-12(8-11)20-13(22)21-19-9-10-4-6-18-7-5-10/h1-9H,(H2,20,21,22)/b19-9+. The number of aromatic nitrogens is 1. The number of halogens is 3. The van der Waals surface area contributed by atoms with Crippen molar-refractivity contribution in [2.24, 2.45) is 5.10 Å². The molecule has 2 N–H and O–H groups in total. The minimum atomic E-state index is -4.40. The van der Waals surface area contributed by atoms with Gasteiger partial charge in [0.15, 0.2) is 5.11 Å². The van der Waals surface area contributed by atoms with Gasteiger partial charge >= 0.3 is 6.18 Å². The van der Waals surface area contributed by atoms with Crippen LogP contribution < -0.4 is 10.7 Å². The Kier molecular flexibility index (Phi) is 5.05. The summed E-state index contributed by atoms with van der Waals surface area (Å²) < 4.78 is 37.8. The van der Waals surface area contributed by atoms with E-state index in [1.54, 1.807) is 24.5 Å². The van der Waals surface area contributed by atoms with Crippen molar-refractivity contribution in [2.75, 3.05) is 5.32 Å². The van der Waals surface area contributed by atoms with E-state index in [1.165, 1.54) is 18.3 Å². The van der Waals surface area contributed by atoms with Gasteiger partial charge in [0.05, 0.1) is 11.8 Å². The third-order valence-corrected chi connectivity index (χ3v) is 2.73. The lowest BCUT2D eigenvalue weighted by Gasteiger charge is -2.10. The fourth-order valence-electron chi connectivity index (χ4n) is 1.55. The van der Waals surface area contributed by atoms with Crippen molar-refractivity contribution < 1.29 is 13.2 Å². The summed E-state index contributed by atoms with van der Waals surface area (Å²) in [5, 5.41) is 6.60. The van der Waals surface area contributed by atoms with E-state index >= 15 is 0 Å². The summed E-state index contributed by atoms with van der Waals surface area (Å²) in [5.74, 6) is 0. The lowest BCUT2D eigenvalue weighted by Crippen LogP contribution is -2.24. The Bertz CT molecular complexity index is 671. The van der Waals surface area contributed by atoms with E-state index in [1.807, 2.05) is 0 Å². The Hall–Kier alpha value is -2.48. The molecule has 0 unspecified atom stereocenters. The summed E-state index contributed by atoms with van der Waals surface area (Å²) in [7, 11) is 0. The first kappa shape index (κ1) is 15.9. The maximum Gasteiger partial charge on any atom is 0.416 e. The van der Waals surface area contributed by atoms with E-state index in [2.05, 4.69) is 20.8 Å². The zero-order chi connectivity index (χ0) is 16.0. The zero-order valence-corrected chi connectivity index (χ0v) is 11.9. The number of benzene rings is 1. The third-order valence-electron chi connectivity index (χ3n) is 2.53. The highest BCUT2D eigenvalue weighted by molar-refractivity contribution is 7.80. The fraction of sp³-hybridized carbons (Fsp3) is 0.0714. The third kappa shape index (κ3) is 4.81. The van der Waals surface area contributed by atoms with Gasteiger partial charge in [-0.3, -0.25) is 10.4 Å². The number of alkyl halides is 3. The molecule has 1 aromatic heterocycles. The monoisotopic (exact) mass is 324 g/mol. The fourth-order valence-corrected chi connectivity index (χ4v) is 1.72. The van der Waals surface area contributed by atoms with Crippen molar-refractivity contribution in [2.45, 2.75) is 6.18 Å². The number of hydrogen-bond donors (Lipinski definition) is 2. The SMILES string of the molecule is FC(F)(F)c1cccc(NC(=S)N/N=C/c2ccncc2)c1. The van der Waals surface area contributed by atoms with Gasteiger partial charge in [0.1, 0.15) is 0 Å². The highest BCUT2D eigenvalue weighted by atomic mass is 32.1. The number of hydrazone groups is 1. The van der Waals surface area contributed by atoms with Gasteiger partial charge in [-0.05, 0) is 48.1 Å². The molecule has 1 aromatic carbocycles. The minimum absolute atomic E-state index is 0.0876. The molecular weight excluding hydrogens is 313 g/mol. The van der Waals surface area contributed by atoms with Crippen molar-refractivity contribution in [3.63, 3.8) is 0 Å². The van der Waals surface area contributed by atoms with Crippen LogP contribution in [0, 0.1) is 0 Å². The summed E-state index contributed by atoms with van der Waals surface area (Å²) in [6.45, 7) is 0. The van der Waals surface area contributed by atoms with Gasteiger partial charge in [0, 0.05) is 18.1 Å². The van der Waals surface area contributed by atoms with Crippen molar-refractivity contribution >= 4 is 29.2 Å². The average molecular weight is 324 g/mol. The Labute approximate surface area is 130 Å². The number of rotatable bonds is 3. The van der Waals surface area contributed by atoms with Crippen LogP contribution in [0.25, 0.3) is 0 Å². The summed E-state index contributed by atoms with van der Waals surface area (Å²) in [5.41, 5.74) is 2.81. The number of hydrogen-bond acceptors (Lipinski definition) is 3. The van der Waals surface area contributed by atoms with E-state index in [0.717, 1.165) is 17.7 Å². The Morgan fingerprint density at radius 2 is 1.91 bits per heavy atom. The molecule has 0 aliphatic rings. The predicted molar refractivity (Wildman–Crippen MR) is 82.6 cm³/mol. The molecule has 4 nitrogen and oxygen atoms in total. The quantitative estimate of drug-likeness (QED) is 0.516. The van der Waals surface area contributed by atoms with Gasteiger partial charge in [-0.2, -0.15) is 18.3 Å². The van der Waals surface area contributed by atoms with Crippen LogP contribution in [-0.2, 0) is 6.18 Å². The topological polar surface area (TPSA) is 49.3 Å². The molecule has 0 spiro atoms. The molecule has 0 saturated carbocycles. The molecule has 0 amide bonds. The van der Waals surface area contributed by atoms with E-state index in [9.17, 15) is 13.2 Å². The first-order valence-corrected chi connectivity index (χ1v) is 6.53. The van der Waals surface area contributed by atoms with E-state index in [4.69, 9.17) is 12.2 Å². The molecule has 0 bridgehead atoms. The van der Waals surface area contributed by atoms with Crippen LogP contribution in [0.2, 0.25) is 0 Å². The highest BCUT2D eigenvalue weighted by Crippen LogP contribution is 2.30. The Morgan fingerprint density at radius 1 is 1.18 bits per heavy atom. The molecule has 2 rings (SSSR count). The summed E-state index contributed by atoms with van der Waals surface area (Å²) in [4.78, 5) is 3.86. The summed E-state index contributed by atoms with van der Waals surface area (Å²) in [6, 6.07) is 8.23. The van der Waals surface area contributed by atoms with Crippen LogP contribution in [-0.4, -0.2) is 16.3 Å². The number of pyridine rings is 1. The van der Waals surface area contributed by atoms with Crippen molar-refractivity contribution in [3.05, 3.63) is 59.9 Å². The normalized spacial score (nSPS) is 11.4. The van der Waals surface area contributed by atoms with Crippen molar-refractivity contribution in [3.8, 4) is 0 Å². The van der Waals surface area contributed by atoms with Crippen molar-refractivity contribution in [1.29, 1.82) is 0 Å². The van der Waals surface area contributed by atoms with Gasteiger partial charge < -0.3 is 5.32 Å². The zero-order valence-electron chi connectivity index (χ0n) is 11.1. The molecule has 1 heterocycles. The molecule has 22 heavy (non-hydrogen) atoms.